The van der Waals surface area contributed by atoms with Crippen LogP contribution in [0.1, 0.15) is 92.9 Å². The van der Waals surface area contributed by atoms with E-state index in [2.05, 4.69) is 59.8 Å². The molecular formula is C28H46O2. The lowest BCUT2D eigenvalue weighted by Crippen LogP contribution is -2.59. The third kappa shape index (κ3) is 3.36. The predicted octanol–water partition coefficient (Wildman–Crippen LogP) is 6.53. The highest BCUT2D eigenvalue weighted by Crippen LogP contribution is 2.67. The Balaban J connectivity index is 1.57. The number of fused-ring (bicyclic) bond motifs is 5. The van der Waals surface area contributed by atoms with Gasteiger partial charge in [-0.15, -0.1) is 0 Å². The van der Waals surface area contributed by atoms with E-state index >= 15 is 0 Å². The van der Waals surface area contributed by atoms with E-state index < -0.39 is 5.60 Å². The molecule has 0 aliphatic heterocycles. The van der Waals surface area contributed by atoms with Crippen molar-refractivity contribution >= 4 is 0 Å². The first-order chi connectivity index (χ1) is 14.0. The fourth-order valence-electron chi connectivity index (χ4n) is 8.10. The summed E-state index contributed by atoms with van der Waals surface area (Å²) >= 11 is 0. The van der Waals surface area contributed by atoms with E-state index in [0.29, 0.717) is 41.4 Å². The van der Waals surface area contributed by atoms with E-state index in [1.54, 1.807) is 5.57 Å². The molecule has 30 heavy (non-hydrogen) atoms. The molecule has 4 aliphatic carbocycles. The molecule has 4 rings (SSSR count). The Hall–Kier alpha value is -0.600. The maximum Gasteiger partial charge on any atom is 0.0765 e. The van der Waals surface area contributed by atoms with Gasteiger partial charge in [0.1, 0.15) is 0 Å². The van der Waals surface area contributed by atoms with Gasteiger partial charge in [-0.3, -0.25) is 0 Å². The minimum Gasteiger partial charge on any atom is -0.393 e. The lowest BCUT2D eigenvalue weighted by molar-refractivity contribution is -0.168. The summed E-state index contributed by atoms with van der Waals surface area (Å²) in [6, 6.07) is 0. The summed E-state index contributed by atoms with van der Waals surface area (Å²) in [5.74, 6) is 3.95. The summed E-state index contributed by atoms with van der Waals surface area (Å²) in [4.78, 5) is 0. The van der Waals surface area contributed by atoms with Crippen molar-refractivity contribution in [2.24, 2.45) is 46.3 Å². The first kappa shape index (κ1) is 22.6. The number of rotatable bonds is 4. The number of hydrogen-bond donors (Lipinski definition) is 2. The molecule has 170 valence electrons. The minimum absolute atomic E-state index is 0.0616. The molecule has 0 radical (unpaired) electrons. The van der Waals surface area contributed by atoms with Gasteiger partial charge < -0.3 is 10.2 Å². The SMILES string of the molecule is CC(C)[C@@H](C)/C=C/[C@@H](C)C1CCC2C3=CC[C@@]4(O)C[C@H](O)CCC4(C)C3CCC21C. The summed E-state index contributed by atoms with van der Waals surface area (Å²) in [7, 11) is 0. The summed E-state index contributed by atoms with van der Waals surface area (Å²) in [6.07, 6.45) is 15.4. The van der Waals surface area contributed by atoms with Crippen LogP contribution in [0.4, 0.5) is 0 Å². The van der Waals surface area contributed by atoms with E-state index in [1.165, 1.54) is 25.7 Å². The molecule has 0 spiro atoms. The first-order valence-corrected chi connectivity index (χ1v) is 12.8. The van der Waals surface area contributed by atoms with E-state index in [-0.39, 0.29) is 11.5 Å². The maximum absolute atomic E-state index is 11.6. The highest BCUT2D eigenvalue weighted by atomic mass is 16.3. The van der Waals surface area contributed by atoms with Crippen molar-refractivity contribution in [1.82, 2.24) is 0 Å². The van der Waals surface area contributed by atoms with Gasteiger partial charge in [0.25, 0.3) is 0 Å². The smallest absolute Gasteiger partial charge is 0.0765 e. The average molecular weight is 415 g/mol. The molecule has 0 saturated heterocycles. The Morgan fingerprint density at radius 3 is 2.40 bits per heavy atom. The Kier molecular flexibility index (Phi) is 5.85. The topological polar surface area (TPSA) is 40.5 Å². The Morgan fingerprint density at radius 2 is 1.70 bits per heavy atom. The zero-order valence-electron chi connectivity index (χ0n) is 20.3. The highest BCUT2D eigenvalue weighted by molar-refractivity contribution is 5.30. The largest absolute Gasteiger partial charge is 0.393 e. The Labute approximate surface area is 185 Å². The average Bonchev–Trinajstić information content (AvgIpc) is 3.04. The van der Waals surface area contributed by atoms with Crippen molar-refractivity contribution in [2.45, 2.75) is 105 Å². The van der Waals surface area contributed by atoms with Crippen LogP contribution in [0.3, 0.4) is 0 Å². The molecule has 9 atom stereocenters. The quantitative estimate of drug-likeness (QED) is 0.514. The summed E-state index contributed by atoms with van der Waals surface area (Å²) in [5.41, 5.74) is 1.30. The van der Waals surface area contributed by atoms with Crippen LogP contribution in [0.15, 0.2) is 23.8 Å². The molecule has 0 aromatic rings. The molecule has 0 heterocycles. The van der Waals surface area contributed by atoms with Gasteiger partial charge in [0.05, 0.1) is 11.7 Å². The van der Waals surface area contributed by atoms with Gasteiger partial charge in [-0.05, 0) is 85.9 Å². The van der Waals surface area contributed by atoms with Crippen molar-refractivity contribution in [2.75, 3.05) is 0 Å². The van der Waals surface area contributed by atoms with Gasteiger partial charge in [0, 0.05) is 11.8 Å². The minimum atomic E-state index is -0.715. The molecular weight excluding hydrogens is 368 g/mol. The van der Waals surface area contributed by atoms with Crippen LogP contribution < -0.4 is 0 Å². The van der Waals surface area contributed by atoms with Gasteiger partial charge in [0.2, 0.25) is 0 Å². The Bertz CT molecular complexity index is 707. The van der Waals surface area contributed by atoms with Crippen LogP contribution in [-0.2, 0) is 0 Å². The summed E-state index contributed by atoms with van der Waals surface area (Å²) in [6.45, 7) is 14.3. The third-order valence-corrected chi connectivity index (χ3v) is 10.7. The second-order valence-corrected chi connectivity index (χ2v) is 12.4. The van der Waals surface area contributed by atoms with Crippen LogP contribution in [0.5, 0.6) is 0 Å². The Morgan fingerprint density at radius 1 is 0.967 bits per heavy atom. The van der Waals surface area contributed by atoms with Gasteiger partial charge in [-0.25, -0.2) is 0 Å². The first-order valence-electron chi connectivity index (χ1n) is 12.8. The van der Waals surface area contributed by atoms with Gasteiger partial charge >= 0.3 is 0 Å². The molecule has 0 bridgehead atoms. The van der Waals surface area contributed by atoms with E-state index in [1.807, 2.05) is 0 Å². The molecule has 2 heteroatoms. The summed E-state index contributed by atoms with van der Waals surface area (Å²) in [5, 5.41) is 21.8. The highest BCUT2D eigenvalue weighted by Gasteiger charge is 2.62. The zero-order valence-corrected chi connectivity index (χ0v) is 20.3. The summed E-state index contributed by atoms with van der Waals surface area (Å²) < 4.78 is 0. The lowest BCUT2D eigenvalue weighted by Gasteiger charge is -2.61. The van der Waals surface area contributed by atoms with Crippen LogP contribution in [0.25, 0.3) is 0 Å². The molecule has 2 nitrogen and oxygen atoms in total. The zero-order chi connectivity index (χ0) is 21.9. The lowest BCUT2D eigenvalue weighted by atomic mass is 9.46. The number of hydrogen-bond acceptors (Lipinski definition) is 2. The van der Waals surface area contributed by atoms with Crippen molar-refractivity contribution < 1.29 is 10.2 Å². The predicted molar refractivity (Wildman–Crippen MR) is 125 cm³/mol. The van der Waals surface area contributed by atoms with Gasteiger partial charge in [-0.2, -0.15) is 0 Å². The van der Waals surface area contributed by atoms with E-state index in [4.69, 9.17) is 0 Å². The standard InChI is InChI=1S/C28H46O2/c1-18(2)19(3)7-8-20(4)23-9-10-24-22-12-16-28(30)17-21(29)11-15-27(28,6)25(22)13-14-26(23,24)5/h7-8,12,18-21,23-25,29-30H,9-11,13-17H2,1-6H3/b8-7+/t19-,20+,21+,23?,24?,25?,26?,27?,28+/m0/s1. The number of aliphatic hydroxyl groups excluding tert-OH is 1. The molecule has 0 amide bonds. The van der Waals surface area contributed by atoms with Crippen LogP contribution in [0.2, 0.25) is 0 Å². The molecule has 4 aliphatic rings. The second kappa shape index (κ2) is 7.77. The van der Waals surface area contributed by atoms with Crippen molar-refractivity contribution in [1.29, 1.82) is 0 Å². The fourth-order valence-corrected chi connectivity index (χ4v) is 8.10. The van der Waals surface area contributed by atoms with Crippen LogP contribution in [0, 0.1) is 46.3 Å². The molecule has 0 aromatic carbocycles. The van der Waals surface area contributed by atoms with Gasteiger partial charge in [-0.1, -0.05) is 65.3 Å². The molecule has 5 unspecified atom stereocenters. The van der Waals surface area contributed by atoms with Crippen molar-refractivity contribution in [3.05, 3.63) is 23.8 Å². The normalized spacial score (nSPS) is 48.1. The fraction of sp³-hybridized carbons (Fsp3) is 0.857. The van der Waals surface area contributed by atoms with Gasteiger partial charge in [0.15, 0.2) is 0 Å². The van der Waals surface area contributed by atoms with E-state index in [0.717, 1.165) is 25.2 Å². The number of allylic oxidation sites excluding steroid dienone is 3. The molecule has 3 fully saturated rings. The van der Waals surface area contributed by atoms with Crippen molar-refractivity contribution in [3.8, 4) is 0 Å². The molecule has 3 saturated carbocycles. The third-order valence-electron chi connectivity index (χ3n) is 10.7. The second-order valence-electron chi connectivity index (χ2n) is 12.4. The molecule has 2 N–H and O–H groups in total. The molecule has 0 aromatic heterocycles. The van der Waals surface area contributed by atoms with E-state index in [9.17, 15) is 10.2 Å². The monoisotopic (exact) mass is 414 g/mol. The van der Waals surface area contributed by atoms with Crippen molar-refractivity contribution in [3.63, 3.8) is 0 Å². The maximum atomic E-state index is 11.6. The van der Waals surface area contributed by atoms with Crippen LogP contribution >= 0.6 is 0 Å². The number of aliphatic hydroxyl groups is 2. The van der Waals surface area contributed by atoms with Crippen LogP contribution in [-0.4, -0.2) is 21.9 Å².